The second kappa shape index (κ2) is 4.79. The molecule has 3 saturated carbocycles. The molecule has 1 unspecified atom stereocenters. The van der Waals surface area contributed by atoms with Crippen LogP contribution in [0.2, 0.25) is 0 Å². The summed E-state index contributed by atoms with van der Waals surface area (Å²) in [6.07, 6.45) is 1.84. The van der Waals surface area contributed by atoms with Crippen LogP contribution in [0.4, 0.5) is 4.79 Å². The van der Waals surface area contributed by atoms with Crippen molar-refractivity contribution in [2.75, 3.05) is 12.4 Å². The molecule has 0 heterocycles. The van der Waals surface area contributed by atoms with Crippen LogP contribution in [0.3, 0.4) is 0 Å². The van der Waals surface area contributed by atoms with E-state index in [1.165, 1.54) is 0 Å². The molecule has 0 aromatic heterocycles. The Kier molecular flexibility index (Phi) is 3.75. The molecule has 6 heteroatoms. The number of aliphatic hydroxyl groups is 1. The lowest BCUT2D eigenvalue weighted by Crippen LogP contribution is -2.83. The van der Waals surface area contributed by atoms with Crippen LogP contribution in [0.1, 0.15) is 40.0 Å². The molecule has 0 aromatic carbocycles. The van der Waals surface area contributed by atoms with Gasteiger partial charge in [0.25, 0.3) is 0 Å². The van der Waals surface area contributed by atoms with Crippen molar-refractivity contribution in [3.8, 4) is 0 Å². The van der Waals surface area contributed by atoms with Crippen LogP contribution in [0.25, 0.3) is 0 Å². The van der Waals surface area contributed by atoms with E-state index < -0.39 is 11.7 Å². The monoisotopic (exact) mass is 290 g/mol. The van der Waals surface area contributed by atoms with Crippen molar-refractivity contribution < 1.29 is 14.6 Å². The summed E-state index contributed by atoms with van der Waals surface area (Å²) >= 11 is 5.55. The summed E-state index contributed by atoms with van der Waals surface area (Å²) in [4.78, 5) is 11.7. The number of β-amino-alcohol motifs (C(OH)–C–C–N with tert-alkyl or cyclic N) is 1. The number of hydrogen-bond donors (Lipinski definition) is 3. The fourth-order valence-corrected chi connectivity index (χ4v) is 3.13. The van der Waals surface area contributed by atoms with Gasteiger partial charge in [0.1, 0.15) is 5.60 Å². The summed E-state index contributed by atoms with van der Waals surface area (Å²) in [6.45, 7) is 6.06. The second-order valence-corrected chi connectivity index (χ2v) is 7.22. The molecule has 110 valence electrons. The molecule has 3 aliphatic carbocycles. The fraction of sp³-hybridized carbons (Fsp3) is 0.923. The molecule has 3 fully saturated rings. The maximum absolute atomic E-state index is 11.7. The van der Waals surface area contributed by atoms with Gasteiger partial charge in [0.05, 0.1) is 6.10 Å². The van der Waals surface area contributed by atoms with Crippen LogP contribution in [-0.4, -0.2) is 46.4 Å². The maximum atomic E-state index is 11.7. The van der Waals surface area contributed by atoms with Crippen molar-refractivity contribution >= 4 is 17.7 Å². The van der Waals surface area contributed by atoms with Gasteiger partial charge in [-0.05, 0) is 40.0 Å². The molecule has 0 spiro atoms. The third-order valence-electron chi connectivity index (χ3n) is 3.69. The van der Waals surface area contributed by atoms with Crippen molar-refractivity contribution in [2.45, 2.75) is 62.8 Å². The molecule has 0 radical (unpaired) electrons. The Morgan fingerprint density at radius 2 is 1.95 bits per heavy atom. The van der Waals surface area contributed by atoms with Gasteiger partial charge >= 0.3 is 6.09 Å². The third-order valence-corrected chi connectivity index (χ3v) is 4.04. The van der Waals surface area contributed by atoms with Crippen molar-refractivity contribution in [3.63, 3.8) is 0 Å². The summed E-state index contributed by atoms with van der Waals surface area (Å²) in [6, 6.07) is 0. The van der Waals surface area contributed by atoms with Gasteiger partial charge in [-0.15, -0.1) is 11.6 Å². The lowest BCUT2D eigenvalue weighted by atomic mass is 9.44. The van der Waals surface area contributed by atoms with Crippen LogP contribution in [0.5, 0.6) is 0 Å². The summed E-state index contributed by atoms with van der Waals surface area (Å²) in [5.41, 5.74) is -0.475. The second-order valence-electron chi connectivity index (χ2n) is 6.91. The van der Waals surface area contributed by atoms with Crippen molar-refractivity contribution in [1.29, 1.82) is 0 Å². The van der Waals surface area contributed by atoms with E-state index in [1.807, 2.05) is 20.8 Å². The molecule has 0 aromatic rings. The van der Waals surface area contributed by atoms with Gasteiger partial charge < -0.3 is 20.5 Å². The minimum atomic E-state index is -0.509. The first-order valence-corrected chi connectivity index (χ1v) is 7.21. The highest BCUT2D eigenvalue weighted by Gasteiger charge is 2.68. The predicted octanol–water partition coefficient (Wildman–Crippen LogP) is 1.38. The maximum Gasteiger partial charge on any atom is 0.408 e. The van der Waals surface area contributed by atoms with E-state index in [2.05, 4.69) is 10.6 Å². The first-order chi connectivity index (χ1) is 8.68. The molecule has 19 heavy (non-hydrogen) atoms. The van der Waals surface area contributed by atoms with E-state index in [9.17, 15) is 9.90 Å². The van der Waals surface area contributed by atoms with Crippen LogP contribution in [0.15, 0.2) is 0 Å². The summed E-state index contributed by atoms with van der Waals surface area (Å²) in [5.74, 6) is 0.240. The summed E-state index contributed by atoms with van der Waals surface area (Å²) in [7, 11) is 0. The Labute approximate surface area is 119 Å². The Morgan fingerprint density at radius 1 is 1.37 bits per heavy atom. The molecule has 5 nitrogen and oxygen atoms in total. The molecule has 3 aliphatic rings. The molecule has 0 aliphatic heterocycles. The number of hydrogen-bond acceptors (Lipinski definition) is 4. The van der Waals surface area contributed by atoms with Gasteiger partial charge in [0.2, 0.25) is 0 Å². The van der Waals surface area contributed by atoms with E-state index in [1.54, 1.807) is 0 Å². The lowest BCUT2D eigenvalue weighted by molar-refractivity contribution is -0.107. The fourth-order valence-electron chi connectivity index (χ4n) is 3.02. The molecule has 1 amide bonds. The molecular weight excluding hydrogens is 268 g/mol. The van der Waals surface area contributed by atoms with Crippen molar-refractivity contribution in [1.82, 2.24) is 10.6 Å². The van der Waals surface area contributed by atoms with Gasteiger partial charge in [0.15, 0.2) is 0 Å². The van der Waals surface area contributed by atoms with Crippen molar-refractivity contribution in [3.05, 3.63) is 0 Å². The zero-order valence-electron chi connectivity index (χ0n) is 11.8. The van der Waals surface area contributed by atoms with E-state index in [-0.39, 0.29) is 23.1 Å². The zero-order chi connectivity index (χ0) is 14.3. The highest BCUT2D eigenvalue weighted by Crippen LogP contribution is 2.60. The first kappa shape index (κ1) is 14.9. The third kappa shape index (κ3) is 3.33. The van der Waals surface area contributed by atoms with Crippen LogP contribution < -0.4 is 10.6 Å². The molecule has 0 saturated heterocycles. The summed E-state index contributed by atoms with van der Waals surface area (Å²) < 4.78 is 5.25. The highest BCUT2D eigenvalue weighted by molar-refractivity contribution is 6.18. The number of carbonyl (C=O) groups excluding carboxylic acids is 1. The number of carbonyl (C=O) groups is 1. The molecule has 2 bridgehead atoms. The minimum absolute atomic E-state index is 0.0854. The number of ether oxygens (including phenoxy) is 1. The SMILES string of the molecule is CC(C)(C)OC(=O)NC12CC(NCC(O)CCl)(C1)C2. The quantitative estimate of drug-likeness (QED) is 0.669. The number of alkyl halides is 1. The van der Waals surface area contributed by atoms with E-state index in [4.69, 9.17) is 16.3 Å². The van der Waals surface area contributed by atoms with Gasteiger partial charge in [-0.2, -0.15) is 0 Å². The normalized spacial score (nSPS) is 33.9. The van der Waals surface area contributed by atoms with E-state index in [0.29, 0.717) is 6.54 Å². The molecule has 3 rings (SSSR count). The molecule has 3 N–H and O–H groups in total. The average Bonchev–Trinajstić information content (AvgIpc) is 2.16. The van der Waals surface area contributed by atoms with Crippen molar-refractivity contribution in [2.24, 2.45) is 0 Å². The largest absolute Gasteiger partial charge is 0.444 e. The molecule has 1 atom stereocenters. The standard InChI is InChI=1S/C13H23ClN2O3/c1-11(2,3)19-10(18)16-13-6-12(7-13,8-13)15-5-9(17)4-14/h9,15,17H,4-8H2,1-3H3,(H,16,18). The number of rotatable bonds is 5. The average molecular weight is 291 g/mol. The molecular formula is C13H23ClN2O3. The van der Waals surface area contributed by atoms with E-state index in [0.717, 1.165) is 19.3 Å². The zero-order valence-corrected chi connectivity index (χ0v) is 12.5. The highest BCUT2D eigenvalue weighted by atomic mass is 35.5. The number of aliphatic hydroxyl groups excluding tert-OH is 1. The smallest absolute Gasteiger partial charge is 0.408 e. The Balaban J connectivity index is 1.70. The number of amides is 1. The van der Waals surface area contributed by atoms with Gasteiger partial charge in [-0.1, -0.05) is 0 Å². The summed E-state index contributed by atoms with van der Waals surface area (Å²) in [5, 5.41) is 15.7. The van der Waals surface area contributed by atoms with Crippen LogP contribution in [0, 0.1) is 0 Å². The van der Waals surface area contributed by atoms with E-state index >= 15 is 0 Å². The predicted molar refractivity (Wildman–Crippen MR) is 73.4 cm³/mol. The number of alkyl carbamates (subject to hydrolysis) is 1. The lowest BCUT2D eigenvalue weighted by Gasteiger charge is -2.70. The van der Waals surface area contributed by atoms with Gasteiger partial charge in [-0.25, -0.2) is 4.79 Å². The topological polar surface area (TPSA) is 70.6 Å². The Bertz CT molecular complexity index is 348. The number of halogens is 1. The number of nitrogens with one attached hydrogen (secondary N) is 2. The van der Waals surface area contributed by atoms with Gasteiger partial charge in [0, 0.05) is 23.5 Å². The van der Waals surface area contributed by atoms with Crippen LogP contribution >= 0.6 is 11.6 Å². The Morgan fingerprint density at radius 3 is 2.42 bits per heavy atom. The first-order valence-electron chi connectivity index (χ1n) is 6.68. The van der Waals surface area contributed by atoms with Crippen LogP contribution in [-0.2, 0) is 4.74 Å². The minimum Gasteiger partial charge on any atom is -0.444 e. The van der Waals surface area contributed by atoms with Gasteiger partial charge in [-0.3, -0.25) is 0 Å². The Hall–Kier alpha value is -0.520.